The van der Waals surface area contributed by atoms with Crippen LogP contribution in [0.1, 0.15) is 43.2 Å². The molecule has 3 nitrogen and oxygen atoms in total. The zero-order valence-corrected chi connectivity index (χ0v) is 11.7. The lowest BCUT2D eigenvalue weighted by atomic mass is 9.77. The van der Waals surface area contributed by atoms with E-state index in [-0.39, 0.29) is 12.4 Å². The molecule has 0 saturated heterocycles. The Morgan fingerprint density at radius 3 is 2.47 bits per heavy atom. The second-order valence-corrected chi connectivity index (χ2v) is 5.26. The van der Waals surface area contributed by atoms with Crippen LogP contribution in [0, 0.1) is 5.82 Å². The standard InChI is InChI=1S/C15H22FNO2/c1-18-10-11-13(19-2)7-6-12(14(11)16)15(17)8-4-3-5-9-15/h6-7H,3-5,8-10,17H2,1-2H3. The van der Waals surface area contributed by atoms with Gasteiger partial charge in [0.15, 0.2) is 0 Å². The Labute approximate surface area is 113 Å². The minimum absolute atomic E-state index is 0.193. The maximum atomic E-state index is 14.7. The number of hydrogen-bond acceptors (Lipinski definition) is 3. The first-order chi connectivity index (χ1) is 9.12. The van der Waals surface area contributed by atoms with Crippen LogP contribution in [0.25, 0.3) is 0 Å². The Kier molecular flexibility index (Phi) is 4.42. The van der Waals surface area contributed by atoms with Crippen molar-refractivity contribution >= 4 is 0 Å². The van der Waals surface area contributed by atoms with Gasteiger partial charge in [-0.05, 0) is 18.9 Å². The fourth-order valence-corrected chi connectivity index (χ4v) is 2.91. The number of ether oxygens (including phenoxy) is 2. The van der Waals surface area contributed by atoms with Gasteiger partial charge in [-0.2, -0.15) is 0 Å². The van der Waals surface area contributed by atoms with Crippen molar-refractivity contribution in [1.29, 1.82) is 0 Å². The topological polar surface area (TPSA) is 44.5 Å². The van der Waals surface area contributed by atoms with Gasteiger partial charge < -0.3 is 15.2 Å². The molecule has 0 aromatic heterocycles. The lowest BCUT2D eigenvalue weighted by Crippen LogP contribution is -2.39. The van der Waals surface area contributed by atoms with E-state index >= 15 is 0 Å². The molecule has 0 heterocycles. The SMILES string of the molecule is COCc1c(OC)ccc(C2(N)CCCCC2)c1F. The number of nitrogens with two attached hydrogens (primary N) is 1. The van der Waals surface area contributed by atoms with Crippen molar-refractivity contribution in [2.75, 3.05) is 14.2 Å². The van der Waals surface area contributed by atoms with Gasteiger partial charge in [-0.1, -0.05) is 25.3 Å². The Hall–Kier alpha value is -1.13. The minimum Gasteiger partial charge on any atom is -0.496 e. The molecule has 1 saturated carbocycles. The minimum atomic E-state index is -0.545. The number of benzene rings is 1. The van der Waals surface area contributed by atoms with Crippen LogP contribution in [-0.2, 0) is 16.9 Å². The molecule has 1 fully saturated rings. The van der Waals surface area contributed by atoms with Crippen molar-refractivity contribution < 1.29 is 13.9 Å². The number of hydrogen-bond donors (Lipinski definition) is 1. The van der Waals surface area contributed by atoms with Crippen LogP contribution in [0.15, 0.2) is 12.1 Å². The lowest BCUT2D eigenvalue weighted by molar-refractivity contribution is 0.176. The summed E-state index contributed by atoms with van der Waals surface area (Å²) in [5.74, 6) is 0.244. The molecule has 0 aliphatic heterocycles. The van der Waals surface area contributed by atoms with E-state index in [1.165, 1.54) is 13.5 Å². The largest absolute Gasteiger partial charge is 0.496 e. The lowest BCUT2D eigenvalue weighted by Gasteiger charge is -2.34. The highest BCUT2D eigenvalue weighted by atomic mass is 19.1. The van der Waals surface area contributed by atoms with E-state index in [9.17, 15) is 4.39 Å². The van der Waals surface area contributed by atoms with Crippen LogP contribution in [0.4, 0.5) is 4.39 Å². The van der Waals surface area contributed by atoms with Crippen molar-refractivity contribution in [2.45, 2.75) is 44.2 Å². The number of halogens is 1. The van der Waals surface area contributed by atoms with E-state index in [4.69, 9.17) is 15.2 Å². The summed E-state index contributed by atoms with van der Waals surface area (Å²) < 4.78 is 25.0. The van der Waals surface area contributed by atoms with Crippen molar-refractivity contribution in [3.05, 3.63) is 29.1 Å². The fraction of sp³-hybridized carbons (Fsp3) is 0.600. The zero-order valence-electron chi connectivity index (χ0n) is 11.7. The van der Waals surface area contributed by atoms with Gasteiger partial charge in [0, 0.05) is 18.2 Å². The summed E-state index contributed by atoms with van der Waals surface area (Å²) in [7, 11) is 3.08. The van der Waals surface area contributed by atoms with E-state index in [1.54, 1.807) is 19.2 Å². The smallest absolute Gasteiger partial charge is 0.137 e. The Morgan fingerprint density at radius 1 is 1.21 bits per heavy atom. The van der Waals surface area contributed by atoms with Gasteiger partial charge >= 0.3 is 0 Å². The molecule has 0 unspecified atom stereocenters. The summed E-state index contributed by atoms with van der Waals surface area (Å²) in [4.78, 5) is 0. The molecule has 1 aromatic rings. The van der Waals surface area contributed by atoms with E-state index in [2.05, 4.69) is 0 Å². The molecule has 2 rings (SSSR count). The molecule has 106 valence electrons. The zero-order chi connectivity index (χ0) is 13.9. The molecule has 0 amide bonds. The molecular formula is C15H22FNO2. The second-order valence-electron chi connectivity index (χ2n) is 5.26. The first-order valence-electron chi connectivity index (χ1n) is 6.76. The first kappa shape index (κ1) is 14.3. The summed E-state index contributed by atoms with van der Waals surface area (Å²) in [5.41, 5.74) is 6.93. The molecule has 1 aliphatic rings. The molecule has 0 spiro atoms. The van der Waals surface area contributed by atoms with E-state index < -0.39 is 5.54 Å². The average Bonchev–Trinajstić information content (AvgIpc) is 2.41. The third kappa shape index (κ3) is 2.74. The molecular weight excluding hydrogens is 245 g/mol. The van der Waals surface area contributed by atoms with Gasteiger partial charge in [0.1, 0.15) is 11.6 Å². The molecule has 0 bridgehead atoms. The van der Waals surface area contributed by atoms with Crippen molar-refractivity contribution in [3.63, 3.8) is 0 Å². The predicted molar refractivity (Wildman–Crippen MR) is 72.6 cm³/mol. The van der Waals surface area contributed by atoms with Gasteiger partial charge in [-0.3, -0.25) is 0 Å². The third-order valence-corrected chi connectivity index (χ3v) is 3.99. The Bertz CT molecular complexity index is 442. The highest BCUT2D eigenvalue weighted by Gasteiger charge is 2.33. The molecule has 0 atom stereocenters. The maximum Gasteiger partial charge on any atom is 0.137 e. The van der Waals surface area contributed by atoms with Crippen LogP contribution in [-0.4, -0.2) is 14.2 Å². The van der Waals surface area contributed by atoms with Crippen LogP contribution in [0.2, 0.25) is 0 Å². The van der Waals surface area contributed by atoms with Crippen LogP contribution >= 0.6 is 0 Å². The quantitative estimate of drug-likeness (QED) is 0.911. The molecule has 4 heteroatoms. The van der Waals surface area contributed by atoms with Gasteiger partial charge in [0.25, 0.3) is 0 Å². The van der Waals surface area contributed by atoms with E-state index in [0.717, 1.165) is 25.7 Å². The molecule has 1 aliphatic carbocycles. The van der Waals surface area contributed by atoms with Crippen LogP contribution in [0.3, 0.4) is 0 Å². The monoisotopic (exact) mass is 267 g/mol. The fourth-order valence-electron chi connectivity index (χ4n) is 2.91. The first-order valence-corrected chi connectivity index (χ1v) is 6.76. The number of methoxy groups -OCH3 is 2. The summed E-state index contributed by atoms with van der Waals surface area (Å²) in [6, 6.07) is 3.55. The molecule has 2 N–H and O–H groups in total. The van der Waals surface area contributed by atoms with Crippen molar-refractivity contribution in [2.24, 2.45) is 5.73 Å². The summed E-state index contributed by atoms with van der Waals surface area (Å²) in [6.07, 6.45) is 4.97. The highest BCUT2D eigenvalue weighted by Crippen LogP contribution is 2.38. The number of rotatable bonds is 4. The highest BCUT2D eigenvalue weighted by molar-refractivity contribution is 5.41. The van der Waals surface area contributed by atoms with Gasteiger partial charge in [-0.15, -0.1) is 0 Å². The summed E-state index contributed by atoms with van der Waals surface area (Å²) >= 11 is 0. The van der Waals surface area contributed by atoms with Gasteiger partial charge in [0.05, 0.1) is 19.3 Å². The Morgan fingerprint density at radius 2 is 1.89 bits per heavy atom. The second kappa shape index (κ2) is 5.88. The van der Waals surface area contributed by atoms with Crippen molar-refractivity contribution in [1.82, 2.24) is 0 Å². The molecule has 1 aromatic carbocycles. The van der Waals surface area contributed by atoms with Gasteiger partial charge in [-0.25, -0.2) is 4.39 Å². The third-order valence-electron chi connectivity index (χ3n) is 3.99. The normalized spacial score (nSPS) is 18.3. The van der Waals surface area contributed by atoms with Crippen LogP contribution in [0.5, 0.6) is 5.75 Å². The van der Waals surface area contributed by atoms with E-state index in [1.807, 2.05) is 0 Å². The van der Waals surface area contributed by atoms with Crippen LogP contribution < -0.4 is 10.5 Å². The van der Waals surface area contributed by atoms with Gasteiger partial charge in [0.2, 0.25) is 0 Å². The van der Waals surface area contributed by atoms with E-state index in [0.29, 0.717) is 16.9 Å². The van der Waals surface area contributed by atoms with Crippen molar-refractivity contribution in [3.8, 4) is 5.75 Å². The summed E-state index contributed by atoms with van der Waals surface area (Å²) in [5, 5.41) is 0. The Balaban J connectivity index is 2.43. The molecule has 19 heavy (non-hydrogen) atoms. The average molecular weight is 267 g/mol. The summed E-state index contributed by atoms with van der Waals surface area (Å²) in [6.45, 7) is 0.193. The maximum absolute atomic E-state index is 14.7. The predicted octanol–water partition coefficient (Wildman–Crippen LogP) is 3.10. The molecule has 0 radical (unpaired) electrons.